The van der Waals surface area contributed by atoms with Gasteiger partial charge in [-0.15, -0.1) is 11.3 Å². The first kappa shape index (κ1) is 19.4. The first-order valence-corrected chi connectivity index (χ1v) is 10.7. The second-order valence-electron chi connectivity index (χ2n) is 7.95. The molecule has 1 fully saturated rings. The molecule has 0 aromatic carbocycles. The lowest BCUT2D eigenvalue weighted by atomic mass is 9.99. The van der Waals surface area contributed by atoms with Gasteiger partial charge >= 0.3 is 5.97 Å². The summed E-state index contributed by atoms with van der Waals surface area (Å²) in [6.45, 7) is 3.22. The fraction of sp³-hybridized carbons (Fsp3) is 0.364. The van der Waals surface area contributed by atoms with Gasteiger partial charge in [-0.25, -0.2) is 9.18 Å². The van der Waals surface area contributed by atoms with Crippen LogP contribution in [0.15, 0.2) is 23.1 Å². The number of carboxylic acids is 1. The SMILES string of the molecule is COC1CNCc2cc(-c3c(F)cn4c(=O)c(C(=O)O)cc(C5CC5)c4c3C)sc21. The average molecular weight is 428 g/mol. The maximum Gasteiger partial charge on any atom is 0.341 e. The number of rotatable bonds is 4. The number of carbonyl (C=O) groups is 1. The molecule has 1 unspecified atom stereocenters. The van der Waals surface area contributed by atoms with E-state index in [-0.39, 0.29) is 17.6 Å². The third kappa shape index (κ3) is 2.90. The number of thiophene rings is 1. The second-order valence-corrected chi connectivity index (χ2v) is 9.03. The highest BCUT2D eigenvalue weighted by Gasteiger charge is 2.31. The minimum Gasteiger partial charge on any atom is -0.477 e. The number of pyridine rings is 2. The number of hydrogen-bond donors (Lipinski definition) is 2. The van der Waals surface area contributed by atoms with E-state index in [0.717, 1.165) is 39.9 Å². The molecule has 8 heteroatoms. The van der Waals surface area contributed by atoms with Crippen molar-refractivity contribution in [3.8, 4) is 10.4 Å². The van der Waals surface area contributed by atoms with E-state index < -0.39 is 17.3 Å². The molecule has 30 heavy (non-hydrogen) atoms. The number of halogens is 1. The van der Waals surface area contributed by atoms with Gasteiger partial charge in [-0.2, -0.15) is 0 Å². The molecule has 2 N–H and O–H groups in total. The van der Waals surface area contributed by atoms with Crippen molar-refractivity contribution in [3.63, 3.8) is 0 Å². The third-order valence-electron chi connectivity index (χ3n) is 6.03. The monoisotopic (exact) mass is 428 g/mol. The summed E-state index contributed by atoms with van der Waals surface area (Å²) in [6, 6.07) is 3.47. The van der Waals surface area contributed by atoms with Crippen LogP contribution in [0.3, 0.4) is 0 Å². The summed E-state index contributed by atoms with van der Waals surface area (Å²) in [7, 11) is 1.66. The highest BCUT2D eigenvalue weighted by atomic mass is 32.1. The molecule has 6 nitrogen and oxygen atoms in total. The fourth-order valence-electron chi connectivity index (χ4n) is 4.41. The predicted octanol–water partition coefficient (Wildman–Crippen LogP) is 3.84. The number of aromatic carboxylic acids is 1. The number of nitrogens with zero attached hydrogens (tertiary/aromatic N) is 1. The summed E-state index contributed by atoms with van der Waals surface area (Å²) >= 11 is 1.51. The maximum absolute atomic E-state index is 15.3. The fourth-order valence-corrected chi connectivity index (χ4v) is 5.77. The Labute approximate surface area is 175 Å². The average Bonchev–Trinajstić information content (AvgIpc) is 3.46. The number of aromatic nitrogens is 1. The Morgan fingerprint density at radius 3 is 2.80 bits per heavy atom. The molecular formula is C22H21FN2O4S. The summed E-state index contributed by atoms with van der Waals surface area (Å²) in [5, 5.41) is 12.8. The van der Waals surface area contributed by atoms with Crippen LogP contribution in [0.5, 0.6) is 0 Å². The first-order chi connectivity index (χ1) is 14.4. The van der Waals surface area contributed by atoms with Gasteiger partial charge in [0.05, 0.1) is 5.52 Å². The Morgan fingerprint density at radius 2 is 2.13 bits per heavy atom. The first-order valence-electron chi connectivity index (χ1n) is 9.88. The van der Waals surface area contributed by atoms with E-state index in [2.05, 4.69) is 5.32 Å². The number of hydrogen-bond acceptors (Lipinski definition) is 5. The largest absolute Gasteiger partial charge is 0.477 e. The van der Waals surface area contributed by atoms with Crippen LogP contribution in [-0.2, 0) is 11.3 Å². The molecule has 1 atom stereocenters. The molecule has 0 spiro atoms. The van der Waals surface area contributed by atoms with Gasteiger partial charge in [-0.1, -0.05) is 0 Å². The third-order valence-corrected chi connectivity index (χ3v) is 7.32. The van der Waals surface area contributed by atoms with Crippen LogP contribution < -0.4 is 10.9 Å². The van der Waals surface area contributed by atoms with Crippen LogP contribution in [0.1, 0.15) is 56.8 Å². The molecule has 5 rings (SSSR count). The van der Waals surface area contributed by atoms with E-state index in [0.29, 0.717) is 29.7 Å². The van der Waals surface area contributed by atoms with E-state index in [9.17, 15) is 14.7 Å². The van der Waals surface area contributed by atoms with Crippen molar-refractivity contribution in [2.24, 2.45) is 0 Å². The smallest absolute Gasteiger partial charge is 0.341 e. The highest BCUT2D eigenvalue weighted by molar-refractivity contribution is 7.15. The highest BCUT2D eigenvalue weighted by Crippen LogP contribution is 2.45. The quantitative estimate of drug-likeness (QED) is 0.660. The van der Waals surface area contributed by atoms with Gasteiger partial charge in [-0.3, -0.25) is 9.20 Å². The Balaban J connectivity index is 1.78. The number of methoxy groups -OCH3 is 1. The number of aryl methyl sites for hydroxylation is 1. The van der Waals surface area contributed by atoms with Gasteiger partial charge in [0, 0.05) is 41.7 Å². The van der Waals surface area contributed by atoms with Crippen LogP contribution in [0, 0.1) is 12.7 Å². The lowest BCUT2D eigenvalue weighted by molar-refractivity contribution is 0.0694. The molecule has 3 aromatic heterocycles. The maximum atomic E-state index is 15.3. The number of ether oxygens (including phenoxy) is 1. The van der Waals surface area contributed by atoms with Crippen LogP contribution in [-0.4, -0.2) is 29.1 Å². The molecule has 1 saturated carbocycles. The van der Waals surface area contributed by atoms with Gasteiger partial charge in [-0.05, 0) is 54.5 Å². The van der Waals surface area contributed by atoms with E-state index in [4.69, 9.17) is 4.74 Å². The molecule has 0 saturated heterocycles. The molecule has 3 aromatic rings. The number of carboxylic acid groups (broad SMARTS) is 1. The summed E-state index contributed by atoms with van der Waals surface area (Å²) in [4.78, 5) is 26.2. The molecule has 156 valence electrons. The summed E-state index contributed by atoms with van der Waals surface area (Å²) in [5.74, 6) is -1.62. The van der Waals surface area contributed by atoms with Crippen molar-refractivity contribution in [1.82, 2.24) is 9.72 Å². The molecule has 0 amide bonds. The van der Waals surface area contributed by atoms with Crippen LogP contribution >= 0.6 is 11.3 Å². The van der Waals surface area contributed by atoms with Gasteiger partial charge in [0.2, 0.25) is 0 Å². The van der Waals surface area contributed by atoms with Gasteiger partial charge in [0.1, 0.15) is 17.5 Å². The van der Waals surface area contributed by atoms with Crippen LogP contribution in [0.25, 0.3) is 16.0 Å². The van der Waals surface area contributed by atoms with E-state index in [1.165, 1.54) is 21.8 Å². The van der Waals surface area contributed by atoms with E-state index >= 15 is 4.39 Å². The van der Waals surface area contributed by atoms with Crippen molar-refractivity contribution < 1.29 is 19.0 Å². The van der Waals surface area contributed by atoms with Crippen LogP contribution in [0.2, 0.25) is 0 Å². The Hall–Kier alpha value is -2.55. The van der Waals surface area contributed by atoms with Gasteiger partial charge in [0.15, 0.2) is 0 Å². The van der Waals surface area contributed by atoms with Crippen LogP contribution in [0.4, 0.5) is 4.39 Å². The topological polar surface area (TPSA) is 80.0 Å². The summed E-state index contributed by atoms with van der Waals surface area (Å²) in [6.07, 6.45) is 2.95. The zero-order chi connectivity index (χ0) is 21.2. The lowest BCUT2D eigenvalue weighted by Crippen LogP contribution is -2.27. The molecule has 0 radical (unpaired) electrons. The van der Waals surface area contributed by atoms with Crippen molar-refractivity contribution in [2.75, 3.05) is 13.7 Å². The van der Waals surface area contributed by atoms with E-state index in [1.54, 1.807) is 7.11 Å². The Kier molecular flexibility index (Phi) is 4.53. The zero-order valence-electron chi connectivity index (χ0n) is 16.6. The molecular weight excluding hydrogens is 407 g/mol. The predicted molar refractivity (Wildman–Crippen MR) is 112 cm³/mol. The van der Waals surface area contributed by atoms with Gasteiger partial charge in [0.25, 0.3) is 5.56 Å². The van der Waals surface area contributed by atoms with Crippen molar-refractivity contribution >= 4 is 22.8 Å². The minimum absolute atomic E-state index is 0.0703. The molecule has 1 aliphatic heterocycles. The Bertz CT molecular complexity index is 1260. The van der Waals surface area contributed by atoms with Crippen molar-refractivity contribution in [1.29, 1.82) is 0 Å². The van der Waals surface area contributed by atoms with Gasteiger partial charge < -0.3 is 15.2 Å². The molecule has 2 aliphatic rings. The van der Waals surface area contributed by atoms with Crippen molar-refractivity contribution in [3.05, 3.63) is 61.6 Å². The normalized spacial score (nSPS) is 18.6. The molecule has 4 heterocycles. The molecule has 1 aliphatic carbocycles. The summed E-state index contributed by atoms with van der Waals surface area (Å²) < 4.78 is 22.1. The second kappa shape index (κ2) is 7.01. The van der Waals surface area contributed by atoms with E-state index in [1.807, 2.05) is 13.0 Å². The molecule has 0 bridgehead atoms. The minimum atomic E-state index is -1.29. The summed E-state index contributed by atoms with van der Waals surface area (Å²) in [5.41, 5.74) is 2.62. The standard InChI is InChI=1S/C22H21FN2O4S/c1-10-18(17-5-12-7-24-8-16(29-2)20(12)30-17)15(23)9-25-19(10)13(11-3-4-11)6-14(21(25)26)22(27)28/h5-6,9,11,16,24H,3-4,7-8H2,1-2H3,(H,27,28). The zero-order valence-corrected chi connectivity index (χ0v) is 17.4. The Morgan fingerprint density at radius 1 is 1.37 bits per heavy atom. The van der Waals surface area contributed by atoms with Crippen molar-refractivity contribution in [2.45, 2.75) is 38.3 Å². The number of nitrogens with one attached hydrogen (secondary N) is 1. The lowest BCUT2D eigenvalue weighted by Gasteiger charge is -2.21. The number of fused-ring (bicyclic) bond motifs is 2.